The normalized spacial score (nSPS) is 16.4. The molecule has 160 valence electrons. The van der Waals surface area contributed by atoms with Gasteiger partial charge in [-0.05, 0) is 48.4 Å². The summed E-state index contributed by atoms with van der Waals surface area (Å²) in [4.78, 5) is 25.1. The molecule has 0 bridgehead atoms. The molecule has 2 aromatic carbocycles. The zero-order valence-corrected chi connectivity index (χ0v) is 18.4. The van der Waals surface area contributed by atoms with Crippen molar-refractivity contribution >= 4 is 51.6 Å². The van der Waals surface area contributed by atoms with E-state index in [1.807, 2.05) is 12.1 Å². The zero-order valence-electron chi connectivity index (χ0n) is 16.9. The minimum atomic E-state index is -0.253. The molecular weight excluding hydrogens is 439 g/mol. The molecule has 7 nitrogen and oxygen atoms in total. The first kappa shape index (κ1) is 21.2. The standard InChI is InChI=1S/C22H20Cl2N4O3/c1-11-14(9-21(30)26-13-4-6-18-16(8-13)22(24)28-27-18)15(10-20(29)25-11)12-3-5-17(23)19(7-12)31-2/h3-8,15H,9-10H2,1-2H3,(H,25,29)(H,26,30)(H,27,28). The summed E-state index contributed by atoms with van der Waals surface area (Å²) in [5.41, 5.74) is 3.71. The van der Waals surface area contributed by atoms with Gasteiger partial charge in [0.05, 0.1) is 24.1 Å². The molecule has 1 atom stereocenters. The van der Waals surface area contributed by atoms with Gasteiger partial charge in [0.25, 0.3) is 0 Å². The summed E-state index contributed by atoms with van der Waals surface area (Å²) in [6, 6.07) is 10.7. The van der Waals surface area contributed by atoms with Crippen molar-refractivity contribution in [2.24, 2.45) is 0 Å². The number of benzene rings is 2. The van der Waals surface area contributed by atoms with Crippen LogP contribution in [0.5, 0.6) is 5.75 Å². The minimum absolute atomic E-state index is 0.0966. The Morgan fingerprint density at radius 2 is 2.06 bits per heavy atom. The summed E-state index contributed by atoms with van der Waals surface area (Å²) < 4.78 is 5.32. The van der Waals surface area contributed by atoms with Crippen molar-refractivity contribution in [1.29, 1.82) is 0 Å². The highest BCUT2D eigenvalue weighted by molar-refractivity contribution is 6.34. The zero-order chi connectivity index (χ0) is 22.1. The van der Waals surface area contributed by atoms with E-state index in [1.54, 1.807) is 31.2 Å². The van der Waals surface area contributed by atoms with Gasteiger partial charge in [-0.1, -0.05) is 29.3 Å². The van der Waals surface area contributed by atoms with Gasteiger partial charge in [0, 0.05) is 29.1 Å². The average Bonchev–Trinajstić information content (AvgIpc) is 3.10. The molecule has 3 N–H and O–H groups in total. The van der Waals surface area contributed by atoms with Crippen LogP contribution in [0.15, 0.2) is 47.7 Å². The molecule has 0 aliphatic carbocycles. The Morgan fingerprint density at radius 3 is 2.84 bits per heavy atom. The van der Waals surface area contributed by atoms with E-state index in [0.717, 1.165) is 16.5 Å². The van der Waals surface area contributed by atoms with Crippen molar-refractivity contribution in [3.63, 3.8) is 0 Å². The molecule has 2 amide bonds. The highest BCUT2D eigenvalue weighted by atomic mass is 35.5. The third-order valence-electron chi connectivity index (χ3n) is 5.34. The van der Waals surface area contributed by atoms with E-state index in [2.05, 4.69) is 20.8 Å². The summed E-state index contributed by atoms with van der Waals surface area (Å²) in [6.07, 6.45) is 0.361. The van der Waals surface area contributed by atoms with Crippen LogP contribution in [0.3, 0.4) is 0 Å². The number of methoxy groups -OCH3 is 1. The van der Waals surface area contributed by atoms with Crippen LogP contribution >= 0.6 is 23.2 Å². The molecule has 3 aromatic rings. The lowest BCUT2D eigenvalue weighted by molar-refractivity contribution is -0.121. The minimum Gasteiger partial charge on any atom is -0.495 e. The van der Waals surface area contributed by atoms with Crippen molar-refractivity contribution in [3.05, 3.63) is 63.4 Å². The molecule has 9 heteroatoms. The number of aromatic amines is 1. The molecule has 0 saturated carbocycles. The number of rotatable bonds is 5. The number of fused-ring (bicyclic) bond motifs is 1. The van der Waals surface area contributed by atoms with E-state index in [0.29, 0.717) is 32.8 Å². The Labute approximate surface area is 188 Å². The molecule has 1 unspecified atom stereocenters. The monoisotopic (exact) mass is 458 g/mol. The second-order valence-electron chi connectivity index (χ2n) is 7.34. The van der Waals surface area contributed by atoms with E-state index < -0.39 is 0 Å². The molecule has 0 spiro atoms. The SMILES string of the molecule is COc1cc(C2CC(=O)NC(C)=C2CC(=O)Nc2ccc3n[nH]c(Cl)c3c2)ccc1Cl. The molecule has 1 aromatic heterocycles. The Hall–Kier alpha value is -3.03. The van der Waals surface area contributed by atoms with E-state index in [-0.39, 0.29) is 30.6 Å². The lowest BCUT2D eigenvalue weighted by Crippen LogP contribution is -2.32. The van der Waals surface area contributed by atoms with Crippen LogP contribution < -0.4 is 15.4 Å². The van der Waals surface area contributed by atoms with Crippen molar-refractivity contribution in [2.45, 2.75) is 25.7 Å². The predicted octanol–water partition coefficient (Wildman–Crippen LogP) is 4.78. The van der Waals surface area contributed by atoms with Crippen LogP contribution in [-0.2, 0) is 9.59 Å². The molecule has 0 radical (unpaired) electrons. The van der Waals surface area contributed by atoms with Crippen molar-refractivity contribution in [1.82, 2.24) is 15.5 Å². The number of aromatic nitrogens is 2. The largest absolute Gasteiger partial charge is 0.495 e. The van der Waals surface area contributed by atoms with Crippen molar-refractivity contribution in [2.75, 3.05) is 12.4 Å². The van der Waals surface area contributed by atoms with Gasteiger partial charge in [-0.25, -0.2) is 0 Å². The number of hydrogen-bond donors (Lipinski definition) is 3. The average molecular weight is 459 g/mol. The summed E-state index contributed by atoms with van der Waals surface area (Å²) in [6.45, 7) is 1.80. The smallest absolute Gasteiger partial charge is 0.228 e. The van der Waals surface area contributed by atoms with Gasteiger partial charge in [-0.15, -0.1) is 0 Å². The fourth-order valence-electron chi connectivity index (χ4n) is 3.81. The highest BCUT2D eigenvalue weighted by Crippen LogP contribution is 2.38. The van der Waals surface area contributed by atoms with Crippen LogP contribution in [0.2, 0.25) is 10.2 Å². The van der Waals surface area contributed by atoms with Crippen LogP contribution in [0, 0.1) is 0 Å². The Morgan fingerprint density at radius 1 is 1.26 bits per heavy atom. The molecule has 4 rings (SSSR count). The summed E-state index contributed by atoms with van der Waals surface area (Å²) in [7, 11) is 1.54. The predicted molar refractivity (Wildman–Crippen MR) is 121 cm³/mol. The fraction of sp³-hybridized carbons (Fsp3) is 0.227. The number of nitrogens with zero attached hydrogens (tertiary/aromatic N) is 1. The summed E-state index contributed by atoms with van der Waals surface area (Å²) in [5, 5.41) is 14.2. The first-order valence-electron chi connectivity index (χ1n) is 9.62. The molecular formula is C22H20Cl2N4O3. The summed E-state index contributed by atoms with van der Waals surface area (Å²) >= 11 is 12.2. The van der Waals surface area contributed by atoms with Crippen LogP contribution in [-0.4, -0.2) is 29.1 Å². The number of halogens is 2. The molecule has 0 saturated heterocycles. The topological polar surface area (TPSA) is 96.1 Å². The maximum absolute atomic E-state index is 12.9. The molecule has 31 heavy (non-hydrogen) atoms. The van der Waals surface area contributed by atoms with Gasteiger partial charge in [0.2, 0.25) is 11.8 Å². The number of nitrogens with one attached hydrogen (secondary N) is 3. The van der Waals surface area contributed by atoms with Gasteiger partial charge >= 0.3 is 0 Å². The number of anilines is 1. The molecule has 1 aliphatic heterocycles. The van der Waals surface area contributed by atoms with E-state index in [4.69, 9.17) is 27.9 Å². The quantitative estimate of drug-likeness (QED) is 0.512. The van der Waals surface area contributed by atoms with Gasteiger partial charge in [-0.3, -0.25) is 14.7 Å². The van der Waals surface area contributed by atoms with Crippen LogP contribution in [0.1, 0.15) is 31.2 Å². The summed E-state index contributed by atoms with van der Waals surface area (Å²) in [5.74, 6) is -0.0237. The van der Waals surface area contributed by atoms with Crippen LogP contribution in [0.25, 0.3) is 10.9 Å². The first-order chi connectivity index (χ1) is 14.9. The maximum Gasteiger partial charge on any atom is 0.228 e. The number of ether oxygens (including phenoxy) is 1. The maximum atomic E-state index is 12.9. The third-order valence-corrected chi connectivity index (χ3v) is 5.94. The number of carbonyl (C=O) groups excluding carboxylic acids is 2. The molecule has 1 aliphatic rings. The first-order valence-corrected chi connectivity index (χ1v) is 10.4. The Kier molecular flexibility index (Phi) is 5.89. The molecule has 0 fully saturated rings. The van der Waals surface area contributed by atoms with Crippen LogP contribution in [0.4, 0.5) is 5.69 Å². The van der Waals surface area contributed by atoms with Gasteiger partial charge in [0.1, 0.15) is 10.9 Å². The van der Waals surface area contributed by atoms with Gasteiger partial charge < -0.3 is 15.4 Å². The fourth-order valence-corrected chi connectivity index (χ4v) is 4.20. The highest BCUT2D eigenvalue weighted by Gasteiger charge is 2.29. The number of hydrogen-bond acceptors (Lipinski definition) is 4. The second kappa shape index (κ2) is 8.61. The Bertz CT molecular complexity index is 1220. The number of amides is 2. The lowest BCUT2D eigenvalue weighted by Gasteiger charge is -2.28. The van der Waals surface area contributed by atoms with Crippen molar-refractivity contribution in [3.8, 4) is 5.75 Å². The number of allylic oxidation sites excluding steroid dienone is 1. The lowest BCUT2D eigenvalue weighted by atomic mass is 9.82. The Balaban J connectivity index is 1.59. The van der Waals surface area contributed by atoms with Gasteiger partial charge in [-0.2, -0.15) is 5.10 Å². The van der Waals surface area contributed by atoms with E-state index >= 15 is 0 Å². The van der Waals surface area contributed by atoms with E-state index in [1.165, 1.54) is 7.11 Å². The second-order valence-corrected chi connectivity index (χ2v) is 8.13. The molecule has 2 heterocycles. The van der Waals surface area contributed by atoms with Gasteiger partial charge in [0.15, 0.2) is 0 Å². The van der Waals surface area contributed by atoms with Crippen molar-refractivity contribution < 1.29 is 14.3 Å². The third kappa shape index (κ3) is 4.38. The number of H-pyrrole nitrogens is 1. The van der Waals surface area contributed by atoms with E-state index in [9.17, 15) is 9.59 Å². The number of carbonyl (C=O) groups is 2.